The van der Waals surface area contributed by atoms with Gasteiger partial charge in [0.25, 0.3) is 0 Å². The normalized spacial score (nSPS) is 11.6. The minimum atomic E-state index is 0.185. The number of aromatic nitrogens is 3. The van der Waals surface area contributed by atoms with Crippen molar-refractivity contribution >= 4 is 55.7 Å². The number of furan rings is 1. The van der Waals surface area contributed by atoms with E-state index in [1.165, 1.54) is 19.3 Å². The molecule has 9 aromatic rings. The summed E-state index contributed by atoms with van der Waals surface area (Å²) in [5.41, 5.74) is 7.00. The zero-order chi connectivity index (χ0) is 29.0. The Labute approximate surface area is 259 Å². The topological polar surface area (TPSA) is 51.8 Å². The predicted octanol–water partition coefficient (Wildman–Crippen LogP) is 9.80. The summed E-state index contributed by atoms with van der Waals surface area (Å²) in [5.74, 6) is 2.04. The van der Waals surface area contributed by atoms with Crippen molar-refractivity contribution < 1.29 is 4.42 Å². The van der Waals surface area contributed by atoms with Crippen LogP contribution >= 0.6 is 0 Å². The molecule has 9 rings (SSSR count). The van der Waals surface area contributed by atoms with Crippen molar-refractivity contribution in [2.75, 3.05) is 0 Å². The Morgan fingerprint density at radius 3 is 1.86 bits per heavy atom. The Morgan fingerprint density at radius 1 is 0.409 bits per heavy atom. The van der Waals surface area contributed by atoms with Crippen LogP contribution < -0.4 is 0 Å². The van der Waals surface area contributed by atoms with Gasteiger partial charge in [0.1, 0.15) is 5.58 Å². The number of benzene rings is 6. The zero-order valence-corrected chi connectivity index (χ0v) is 25.2. The first-order valence-corrected chi connectivity index (χ1v) is 16.2. The monoisotopic (exact) mass is 629 g/mol. The number of hydrogen-bond donors (Lipinski definition) is 0. The Hall–Kier alpha value is -5.35. The molecule has 0 aliphatic heterocycles. The second-order valence-corrected chi connectivity index (χ2v) is 13.0. The fourth-order valence-electron chi connectivity index (χ4n) is 5.98. The predicted molar refractivity (Wildman–Crippen MR) is 181 cm³/mol. The van der Waals surface area contributed by atoms with Crippen LogP contribution in [0.2, 0.25) is 0 Å². The van der Waals surface area contributed by atoms with Crippen LogP contribution in [0.15, 0.2) is 144 Å². The van der Waals surface area contributed by atoms with Crippen molar-refractivity contribution in [1.29, 1.82) is 0 Å². The Kier molecular flexibility index (Phi) is 5.80. The van der Waals surface area contributed by atoms with Gasteiger partial charge in [0.15, 0.2) is 0 Å². The Bertz CT molecular complexity index is 2490. The van der Waals surface area contributed by atoms with E-state index in [0.29, 0.717) is 17.5 Å². The molecule has 0 unspecified atom stereocenters. The zero-order valence-electron chi connectivity index (χ0n) is 23.4. The molecule has 0 aliphatic carbocycles. The van der Waals surface area contributed by atoms with Gasteiger partial charge in [-0.3, -0.25) is 0 Å². The SMILES string of the molecule is c1ccc(-c2nc(-c3ccc(-c4ccc5c(c4)oc4ccccc45)cc3)nc(-c3cccc4c3[se]c3ccccc34)n2)cc1. The number of para-hydroxylation sites is 1. The molecule has 44 heavy (non-hydrogen) atoms. The first-order valence-electron chi connectivity index (χ1n) is 14.5. The van der Waals surface area contributed by atoms with Crippen molar-refractivity contribution in [1.82, 2.24) is 15.0 Å². The molecule has 0 bridgehead atoms. The molecule has 3 heterocycles. The van der Waals surface area contributed by atoms with Crippen LogP contribution in [-0.2, 0) is 0 Å². The average molecular weight is 629 g/mol. The van der Waals surface area contributed by atoms with Gasteiger partial charge in [0.2, 0.25) is 0 Å². The molecular weight excluding hydrogens is 605 g/mol. The molecule has 0 spiro atoms. The number of nitrogens with zero attached hydrogens (tertiary/aromatic N) is 3. The molecule has 0 aliphatic rings. The summed E-state index contributed by atoms with van der Waals surface area (Å²) in [7, 11) is 0. The maximum atomic E-state index is 6.14. The summed E-state index contributed by atoms with van der Waals surface area (Å²) in [6.45, 7) is 0. The van der Waals surface area contributed by atoms with Gasteiger partial charge in [-0.2, -0.15) is 0 Å². The Morgan fingerprint density at radius 2 is 1.02 bits per heavy atom. The molecular formula is C39H23N3OSe. The molecule has 5 heteroatoms. The molecule has 4 nitrogen and oxygen atoms in total. The van der Waals surface area contributed by atoms with E-state index in [4.69, 9.17) is 19.4 Å². The molecule has 0 amide bonds. The molecule has 0 N–H and O–H groups in total. The van der Waals surface area contributed by atoms with Gasteiger partial charge in [-0.25, -0.2) is 0 Å². The number of fused-ring (bicyclic) bond motifs is 6. The summed E-state index contributed by atoms with van der Waals surface area (Å²) in [4.78, 5) is 15.1. The van der Waals surface area contributed by atoms with Crippen molar-refractivity contribution in [3.05, 3.63) is 140 Å². The summed E-state index contributed by atoms with van der Waals surface area (Å²) in [5, 5.41) is 4.87. The van der Waals surface area contributed by atoms with Gasteiger partial charge in [-0.1, -0.05) is 18.2 Å². The van der Waals surface area contributed by atoms with Crippen LogP contribution in [0, 0.1) is 0 Å². The van der Waals surface area contributed by atoms with Crippen molar-refractivity contribution in [2.24, 2.45) is 0 Å². The van der Waals surface area contributed by atoms with E-state index < -0.39 is 0 Å². The summed E-state index contributed by atoms with van der Waals surface area (Å²) in [6, 6.07) is 48.4. The molecule has 206 valence electrons. The average Bonchev–Trinajstić information content (AvgIpc) is 3.66. The van der Waals surface area contributed by atoms with E-state index in [1.54, 1.807) is 0 Å². The molecule has 0 radical (unpaired) electrons. The van der Waals surface area contributed by atoms with E-state index >= 15 is 0 Å². The second-order valence-electron chi connectivity index (χ2n) is 10.8. The molecule has 0 saturated carbocycles. The van der Waals surface area contributed by atoms with Crippen molar-refractivity contribution in [3.63, 3.8) is 0 Å². The first kappa shape index (κ1) is 25.2. The van der Waals surface area contributed by atoms with Gasteiger partial charge >= 0.3 is 215 Å². The number of hydrogen-bond acceptors (Lipinski definition) is 4. The summed E-state index contributed by atoms with van der Waals surface area (Å²) >= 11 is 0.185. The van der Waals surface area contributed by atoms with E-state index in [-0.39, 0.29) is 14.5 Å². The van der Waals surface area contributed by atoms with Crippen LogP contribution in [0.4, 0.5) is 0 Å². The van der Waals surface area contributed by atoms with Gasteiger partial charge in [-0.15, -0.1) is 0 Å². The van der Waals surface area contributed by atoms with Gasteiger partial charge < -0.3 is 4.42 Å². The van der Waals surface area contributed by atoms with E-state index in [9.17, 15) is 0 Å². The maximum absolute atomic E-state index is 6.14. The first-order chi connectivity index (χ1) is 21.8. The minimum absolute atomic E-state index is 0.185. The summed E-state index contributed by atoms with van der Waals surface area (Å²) in [6.07, 6.45) is 0. The molecule has 0 saturated heterocycles. The standard InChI is InChI=1S/C39H23N3OSe/c1-2-9-25(10-3-1)37-40-38(42-39(41-37)32-14-8-13-31-30-12-5-7-16-35(30)44-36(31)32)26-19-17-24(18-20-26)27-21-22-29-28-11-4-6-15-33(28)43-34(29)23-27/h1-23H. The van der Waals surface area contributed by atoms with Crippen molar-refractivity contribution in [2.45, 2.75) is 0 Å². The van der Waals surface area contributed by atoms with Crippen molar-refractivity contribution in [3.8, 4) is 45.3 Å². The quantitative estimate of drug-likeness (QED) is 0.182. The third-order valence-electron chi connectivity index (χ3n) is 8.17. The number of rotatable bonds is 4. The third-order valence-corrected chi connectivity index (χ3v) is 10.7. The molecule has 3 aromatic heterocycles. The van der Waals surface area contributed by atoms with Gasteiger partial charge in [0, 0.05) is 10.8 Å². The van der Waals surface area contributed by atoms with Gasteiger partial charge in [0.05, 0.1) is 0 Å². The molecule has 0 atom stereocenters. The Balaban J connectivity index is 1.16. The second kappa shape index (κ2) is 10.1. The molecule has 6 aromatic carbocycles. The fraction of sp³-hybridized carbons (Fsp3) is 0. The van der Waals surface area contributed by atoms with E-state index in [1.807, 2.05) is 36.4 Å². The fourth-order valence-corrected chi connectivity index (χ4v) is 8.52. The molecule has 0 fully saturated rings. The van der Waals surface area contributed by atoms with Gasteiger partial charge in [-0.05, 0) is 6.07 Å². The summed E-state index contributed by atoms with van der Waals surface area (Å²) < 4.78 is 8.87. The van der Waals surface area contributed by atoms with E-state index in [0.717, 1.165) is 49.8 Å². The van der Waals surface area contributed by atoms with E-state index in [2.05, 4.69) is 103 Å². The van der Waals surface area contributed by atoms with Crippen LogP contribution in [0.1, 0.15) is 0 Å². The van der Waals surface area contributed by atoms with Crippen LogP contribution in [0.3, 0.4) is 0 Å². The van der Waals surface area contributed by atoms with Crippen LogP contribution in [0.5, 0.6) is 0 Å². The van der Waals surface area contributed by atoms with Crippen LogP contribution in [-0.4, -0.2) is 29.5 Å². The van der Waals surface area contributed by atoms with Crippen LogP contribution in [0.25, 0.3) is 86.5 Å². The third kappa shape index (κ3) is 4.17.